The van der Waals surface area contributed by atoms with Gasteiger partial charge in [-0.1, -0.05) is 18.2 Å². The Morgan fingerprint density at radius 2 is 1.92 bits per heavy atom. The lowest BCUT2D eigenvalue weighted by atomic mass is 9.88. The second-order valence-corrected chi connectivity index (χ2v) is 7.22. The summed E-state index contributed by atoms with van der Waals surface area (Å²) in [6.45, 7) is 1.50. The number of amides is 1. The summed E-state index contributed by atoms with van der Waals surface area (Å²) in [5.41, 5.74) is 0. The van der Waals surface area contributed by atoms with Gasteiger partial charge in [0, 0.05) is 26.7 Å². The Kier molecular flexibility index (Phi) is 6.32. The Morgan fingerprint density at radius 1 is 1.20 bits per heavy atom. The number of likely N-dealkylation sites (N-methyl/N-ethyl adjacent to an activating group) is 1. The fourth-order valence-electron chi connectivity index (χ4n) is 3.87. The van der Waals surface area contributed by atoms with Crippen molar-refractivity contribution in [2.45, 2.75) is 56.8 Å². The zero-order chi connectivity index (χ0) is 17.6. The molecule has 3 atom stereocenters. The van der Waals surface area contributed by atoms with Gasteiger partial charge in [0.2, 0.25) is 5.91 Å². The number of hydrogen-bond donors (Lipinski definition) is 1. The molecule has 5 heteroatoms. The van der Waals surface area contributed by atoms with Gasteiger partial charge in [0.15, 0.2) is 0 Å². The Bertz CT molecular complexity index is 544. The maximum atomic E-state index is 12.7. The van der Waals surface area contributed by atoms with Gasteiger partial charge < -0.3 is 19.5 Å². The summed E-state index contributed by atoms with van der Waals surface area (Å²) in [7, 11) is 1.82. The maximum Gasteiger partial charge on any atom is 0.222 e. The van der Waals surface area contributed by atoms with Crippen molar-refractivity contribution in [2.75, 3.05) is 20.3 Å². The van der Waals surface area contributed by atoms with Gasteiger partial charge in [0.1, 0.15) is 18.0 Å². The van der Waals surface area contributed by atoms with Crippen LogP contribution in [0.3, 0.4) is 0 Å². The van der Waals surface area contributed by atoms with Crippen LogP contribution >= 0.6 is 0 Å². The number of nitrogens with zero attached hydrogens (tertiary/aromatic N) is 1. The molecule has 1 saturated carbocycles. The van der Waals surface area contributed by atoms with Gasteiger partial charge in [-0.25, -0.2) is 0 Å². The molecular formula is C20H29NO4. The summed E-state index contributed by atoms with van der Waals surface area (Å²) in [6.07, 6.45) is 4.12. The molecule has 1 aliphatic heterocycles. The first-order chi connectivity index (χ1) is 12.1. The molecule has 2 aliphatic rings. The minimum Gasteiger partial charge on any atom is -0.488 e. The molecule has 1 amide bonds. The van der Waals surface area contributed by atoms with Crippen LogP contribution in [0.1, 0.15) is 38.5 Å². The van der Waals surface area contributed by atoms with Crippen LogP contribution in [0.4, 0.5) is 0 Å². The highest BCUT2D eigenvalue weighted by molar-refractivity contribution is 5.76. The number of hydrogen-bond acceptors (Lipinski definition) is 4. The SMILES string of the molecule is CN(C(=O)CC1CCOCC1)[C@@H]1CCC[C@@H](Oc2ccccc2)[C@@H]1O. The third kappa shape index (κ3) is 4.73. The summed E-state index contributed by atoms with van der Waals surface area (Å²) >= 11 is 0. The molecule has 1 saturated heterocycles. The standard InChI is InChI=1S/C20H29NO4/c1-21(19(22)14-15-10-12-24-13-11-15)17-8-5-9-18(20(17)23)25-16-6-3-2-4-7-16/h2-4,6-7,15,17-18,20,23H,5,8-14H2,1H3/t17-,18-,20-/m1/s1. The van der Waals surface area contributed by atoms with E-state index >= 15 is 0 Å². The van der Waals surface area contributed by atoms with E-state index < -0.39 is 6.10 Å². The van der Waals surface area contributed by atoms with Crippen LogP contribution < -0.4 is 4.74 Å². The zero-order valence-corrected chi connectivity index (χ0v) is 15.0. The number of benzene rings is 1. The van der Waals surface area contributed by atoms with Crippen LogP contribution in [-0.2, 0) is 9.53 Å². The highest BCUT2D eigenvalue weighted by Crippen LogP contribution is 2.28. The predicted molar refractivity (Wildman–Crippen MR) is 95.4 cm³/mol. The lowest BCUT2D eigenvalue weighted by Crippen LogP contribution is -2.53. The Hall–Kier alpha value is -1.59. The molecule has 0 radical (unpaired) electrons. The van der Waals surface area contributed by atoms with E-state index in [1.807, 2.05) is 37.4 Å². The first-order valence-corrected chi connectivity index (χ1v) is 9.38. The average molecular weight is 347 g/mol. The van der Waals surface area contributed by atoms with Crippen molar-refractivity contribution in [1.82, 2.24) is 4.90 Å². The largest absolute Gasteiger partial charge is 0.488 e. The third-order valence-electron chi connectivity index (χ3n) is 5.49. The van der Waals surface area contributed by atoms with E-state index in [-0.39, 0.29) is 18.1 Å². The van der Waals surface area contributed by atoms with Crippen LogP contribution in [0, 0.1) is 5.92 Å². The van der Waals surface area contributed by atoms with Crippen LogP contribution in [-0.4, -0.2) is 54.4 Å². The molecule has 1 aromatic rings. The molecule has 1 aliphatic carbocycles. The molecular weight excluding hydrogens is 318 g/mol. The number of para-hydroxylation sites is 1. The molecule has 5 nitrogen and oxygen atoms in total. The van der Waals surface area contributed by atoms with Gasteiger partial charge in [-0.05, 0) is 50.2 Å². The van der Waals surface area contributed by atoms with Crippen LogP contribution in [0.25, 0.3) is 0 Å². The highest BCUT2D eigenvalue weighted by Gasteiger charge is 2.37. The summed E-state index contributed by atoms with van der Waals surface area (Å²) < 4.78 is 11.3. The van der Waals surface area contributed by atoms with Crippen LogP contribution in [0.5, 0.6) is 5.75 Å². The molecule has 0 bridgehead atoms. The minimum atomic E-state index is -0.655. The molecule has 2 fully saturated rings. The van der Waals surface area contributed by atoms with Crippen molar-refractivity contribution in [2.24, 2.45) is 5.92 Å². The lowest BCUT2D eigenvalue weighted by Gasteiger charge is -2.40. The minimum absolute atomic E-state index is 0.122. The molecule has 25 heavy (non-hydrogen) atoms. The molecule has 1 N–H and O–H groups in total. The molecule has 138 valence electrons. The summed E-state index contributed by atoms with van der Waals surface area (Å²) in [4.78, 5) is 14.4. The van der Waals surface area contributed by atoms with E-state index in [4.69, 9.17) is 9.47 Å². The highest BCUT2D eigenvalue weighted by atomic mass is 16.5. The number of ether oxygens (including phenoxy) is 2. The van der Waals surface area contributed by atoms with E-state index in [1.165, 1.54) is 0 Å². The summed E-state index contributed by atoms with van der Waals surface area (Å²) in [5, 5.41) is 10.8. The second kappa shape index (κ2) is 8.68. The van der Waals surface area contributed by atoms with E-state index in [1.54, 1.807) is 4.90 Å². The fraction of sp³-hybridized carbons (Fsp3) is 0.650. The number of aliphatic hydroxyl groups is 1. The lowest BCUT2D eigenvalue weighted by molar-refractivity contribution is -0.139. The first-order valence-electron chi connectivity index (χ1n) is 9.38. The van der Waals surface area contributed by atoms with E-state index in [9.17, 15) is 9.90 Å². The molecule has 1 heterocycles. The molecule has 3 rings (SSSR count). The Morgan fingerprint density at radius 3 is 2.64 bits per heavy atom. The second-order valence-electron chi connectivity index (χ2n) is 7.22. The van der Waals surface area contributed by atoms with Gasteiger partial charge >= 0.3 is 0 Å². The first kappa shape index (κ1) is 18.2. The summed E-state index contributed by atoms with van der Waals surface area (Å²) in [6, 6.07) is 9.41. The van der Waals surface area contributed by atoms with Gasteiger partial charge in [0.25, 0.3) is 0 Å². The average Bonchev–Trinajstić information content (AvgIpc) is 2.64. The van der Waals surface area contributed by atoms with Gasteiger partial charge in [0.05, 0.1) is 6.04 Å². The van der Waals surface area contributed by atoms with Gasteiger partial charge in [-0.3, -0.25) is 4.79 Å². The van der Waals surface area contributed by atoms with Crippen molar-refractivity contribution in [3.05, 3.63) is 30.3 Å². The van der Waals surface area contributed by atoms with Gasteiger partial charge in [-0.15, -0.1) is 0 Å². The van der Waals surface area contributed by atoms with Crippen molar-refractivity contribution in [3.63, 3.8) is 0 Å². The van der Waals surface area contributed by atoms with Crippen molar-refractivity contribution >= 4 is 5.91 Å². The number of carbonyl (C=O) groups excluding carboxylic acids is 1. The van der Waals surface area contributed by atoms with E-state index in [2.05, 4.69) is 0 Å². The third-order valence-corrected chi connectivity index (χ3v) is 5.49. The van der Waals surface area contributed by atoms with Crippen molar-refractivity contribution < 1.29 is 19.4 Å². The molecule has 0 unspecified atom stereocenters. The monoisotopic (exact) mass is 347 g/mol. The smallest absolute Gasteiger partial charge is 0.222 e. The molecule has 0 aromatic heterocycles. The van der Waals surface area contributed by atoms with Gasteiger partial charge in [-0.2, -0.15) is 0 Å². The van der Waals surface area contributed by atoms with Crippen LogP contribution in [0.15, 0.2) is 30.3 Å². The van der Waals surface area contributed by atoms with Crippen LogP contribution in [0.2, 0.25) is 0 Å². The summed E-state index contributed by atoms with van der Waals surface area (Å²) in [5.74, 6) is 1.29. The van der Waals surface area contributed by atoms with E-state index in [0.29, 0.717) is 12.3 Å². The predicted octanol–water partition coefficient (Wildman–Crippen LogP) is 2.62. The van der Waals surface area contributed by atoms with Crippen molar-refractivity contribution in [1.29, 1.82) is 0 Å². The molecule has 1 aromatic carbocycles. The van der Waals surface area contributed by atoms with E-state index in [0.717, 1.165) is 51.1 Å². The maximum absolute atomic E-state index is 12.7. The van der Waals surface area contributed by atoms with Crippen molar-refractivity contribution in [3.8, 4) is 5.75 Å². The number of rotatable bonds is 5. The normalized spacial score (nSPS) is 27.7. The fourth-order valence-corrected chi connectivity index (χ4v) is 3.87. The Labute approximate surface area is 149 Å². The quantitative estimate of drug-likeness (QED) is 0.889. The Balaban J connectivity index is 1.57. The topological polar surface area (TPSA) is 59.0 Å². The number of carbonyl (C=O) groups is 1. The zero-order valence-electron chi connectivity index (χ0n) is 15.0. The molecule has 0 spiro atoms. The number of aliphatic hydroxyl groups excluding tert-OH is 1.